The molecule has 1 saturated heterocycles. The third kappa shape index (κ3) is 5.75. The molecule has 36 heavy (non-hydrogen) atoms. The molecule has 0 spiro atoms. The molecular formula is C25H26N4O4S3. The molecule has 0 radical (unpaired) electrons. The Morgan fingerprint density at radius 1 is 1.08 bits per heavy atom. The number of benzene rings is 1. The Kier molecular flexibility index (Phi) is 7.61. The largest absolute Gasteiger partial charge is 0.480 e. The van der Waals surface area contributed by atoms with Gasteiger partial charge in [0.1, 0.15) is 6.04 Å². The average Bonchev–Trinajstić information content (AvgIpc) is 3.58. The third-order valence-corrected chi connectivity index (χ3v) is 9.79. The lowest BCUT2D eigenvalue weighted by molar-refractivity contribution is -0.139. The second-order valence-electron chi connectivity index (χ2n) is 8.86. The van der Waals surface area contributed by atoms with E-state index in [4.69, 9.17) is 0 Å². The summed E-state index contributed by atoms with van der Waals surface area (Å²) in [6, 6.07) is 10.1. The van der Waals surface area contributed by atoms with Gasteiger partial charge in [-0.15, -0.1) is 34.0 Å². The van der Waals surface area contributed by atoms with Crippen LogP contribution in [-0.2, 0) is 11.2 Å². The van der Waals surface area contributed by atoms with Gasteiger partial charge in [-0.05, 0) is 69.0 Å². The van der Waals surface area contributed by atoms with E-state index in [2.05, 4.69) is 27.0 Å². The van der Waals surface area contributed by atoms with E-state index in [1.165, 1.54) is 46.8 Å². The second kappa shape index (κ2) is 11.0. The van der Waals surface area contributed by atoms with E-state index < -0.39 is 17.9 Å². The number of nitrogens with zero attached hydrogens (tertiary/aromatic N) is 1. The highest BCUT2D eigenvalue weighted by Gasteiger charge is 2.24. The number of hydrogen-bond acceptors (Lipinski definition) is 8. The van der Waals surface area contributed by atoms with Gasteiger partial charge in [-0.3, -0.25) is 9.59 Å². The quantitative estimate of drug-likeness (QED) is 0.253. The molecule has 4 heterocycles. The normalized spacial score (nSPS) is 15.2. The van der Waals surface area contributed by atoms with Crippen LogP contribution in [0.2, 0.25) is 0 Å². The summed E-state index contributed by atoms with van der Waals surface area (Å²) in [5.41, 5.74) is 0.680. The summed E-state index contributed by atoms with van der Waals surface area (Å²) < 4.78 is 1.94. The van der Waals surface area contributed by atoms with Crippen LogP contribution in [0, 0.1) is 5.92 Å². The van der Waals surface area contributed by atoms with E-state index in [0.717, 1.165) is 39.5 Å². The zero-order chi connectivity index (χ0) is 25.1. The lowest BCUT2D eigenvalue weighted by Crippen LogP contribution is -2.48. The topological polar surface area (TPSA) is 120 Å². The van der Waals surface area contributed by atoms with Gasteiger partial charge in [0.15, 0.2) is 5.01 Å². The molecule has 0 aliphatic carbocycles. The first-order chi connectivity index (χ1) is 17.5. The summed E-state index contributed by atoms with van der Waals surface area (Å²) >= 11 is 4.33. The zero-order valence-electron chi connectivity index (χ0n) is 19.4. The summed E-state index contributed by atoms with van der Waals surface area (Å²) in [7, 11) is 0. The van der Waals surface area contributed by atoms with E-state index >= 15 is 0 Å². The monoisotopic (exact) mass is 542 g/mol. The molecule has 11 heteroatoms. The van der Waals surface area contributed by atoms with Gasteiger partial charge in [0.25, 0.3) is 11.8 Å². The molecule has 1 unspecified atom stereocenters. The molecule has 1 aliphatic heterocycles. The van der Waals surface area contributed by atoms with Crippen molar-refractivity contribution in [3.63, 3.8) is 0 Å². The van der Waals surface area contributed by atoms with E-state index in [1.807, 2.05) is 24.3 Å². The average molecular weight is 543 g/mol. The molecular weight excluding hydrogens is 517 g/mol. The van der Waals surface area contributed by atoms with E-state index in [0.29, 0.717) is 10.4 Å². The van der Waals surface area contributed by atoms with Gasteiger partial charge in [-0.2, -0.15) is 0 Å². The van der Waals surface area contributed by atoms with E-state index in [1.54, 1.807) is 17.4 Å². The smallest absolute Gasteiger partial charge is 0.328 e. The molecule has 0 bridgehead atoms. The van der Waals surface area contributed by atoms with Crippen molar-refractivity contribution in [1.29, 1.82) is 0 Å². The number of amides is 2. The number of thiophene rings is 2. The molecule has 2 amide bonds. The summed E-state index contributed by atoms with van der Waals surface area (Å²) in [5, 5.41) is 19.3. The maximum absolute atomic E-state index is 12.7. The van der Waals surface area contributed by atoms with Crippen LogP contribution in [0.15, 0.2) is 36.4 Å². The number of carboxylic acids is 1. The van der Waals surface area contributed by atoms with Crippen LogP contribution in [0.5, 0.6) is 0 Å². The van der Waals surface area contributed by atoms with Gasteiger partial charge < -0.3 is 21.1 Å². The Balaban J connectivity index is 1.16. The number of fused-ring (bicyclic) bond motifs is 2. The fourth-order valence-corrected chi connectivity index (χ4v) is 7.61. The minimum Gasteiger partial charge on any atom is -0.480 e. The summed E-state index contributed by atoms with van der Waals surface area (Å²) in [4.78, 5) is 43.1. The van der Waals surface area contributed by atoms with Crippen LogP contribution < -0.4 is 16.0 Å². The number of aromatic nitrogens is 1. The first kappa shape index (κ1) is 24.8. The highest BCUT2D eigenvalue weighted by Crippen LogP contribution is 2.35. The van der Waals surface area contributed by atoms with Crippen LogP contribution >= 0.6 is 34.0 Å². The fraction of sp³-hybridized carbons (Fsp3) is 0.360. The fourth-order valence-electron chi connectivity index (χ4n) is 4.31. The van der Waals surface area contributed by atoms with E-state index in [-0.39, 0.29) is 17.5 Å². The van der Waals surface area contributed by atoms with Gasteiger partial charge in [-0.1, -0.05) is 12.1 Å². The molecule has 4 N–H and O–H groups in total. The number of carbonyl (C=O) groups is 3. The Hall–Kier alpha value is -2.86. The van der Waals surface area contributed by atoms with Crippen LogP contribution in [-0.4, -0.2) is 53.6 Å². The maximum Gasteiger partial charge on any atom is 0.328 e. The Morgan fingerprint density at radius 3 is 2.64 bits per heavy atom. The zero-order valence-corrected chi connectivity index (χ0v) is 21.9. The first-order valence-electron chi connectivity index (χ1n) is 11.9. The van der Waals surface area contributed by atoms with Crippen molar-refractivity contribution in [2.75, 3.05) is 19.6 Å². The number of carbonyl (C=O) groups excluding carboxylic acids is 2. The van der Waals surface area contributed by atoms with Crippen LogP contribution in [0.3, 0.4) is 0 Å². The Labute approximate surface area is 219 Å². The van der Waals surface area contributed by atoms with E-state index in [9.17, 15) is 19.5 Å². The van der Waals surface area contributed by atoms with Gasteiger partial charge >= 0.3 is 5.97 Å². The SMILES string of the molecule is O=C(NCC(NC(=O)c1nc2ccccc2s1)C(=O)O)c1cc2cc(CCC3CCNCC3)sc2s1. The van der Waals surface area contributed by atoms with Gasteiger partial charge in [0, 0.05) is 16.8 Å². The predicted molar refractivity (Wildman–Crippen MR) is 144 cm³/mol. The summed E-state index contributed by atoms with van der Waals surface area (Å²) in [6.45, 7) is 1.99. The first-order valence-corrected chi connectivity index (χ1v) is 14.3. The molecule has 5 rings (SSSR count). The number of thiazole rings is 1. The predicted octanol–water partition coefficient (Wildman–Crippen LogP) is 4.12. The summed E-state index contributed by atoms with van der Waals surface area (Å²) in [6.07, 6.45) is 4.74. The van der Waals surface area contributed by atoms with Crippen LogP contribution in [0.4, 0.5) is 0 Å². The lowest BCUT2D eigenvalue weighted by Gasteiger charge is -2.22. The Morgan fingerprint density at radius 2 is 1.89 bits per heavy atom. The number of aliphatic carboxylic acids is 1. The molecule has 3 aromatic heterocycles. The minimum absolute atomic E-state index is 0.184. The molecule has 8 nitrogen and oxygen atoms in total. The van der Waals surface area contributed by atoms with Crippen molar-refractivity contribution in [3.8, 4) is 0 Å². The molecule has 0 saturated carbocycles. The van der Waals surface area contributed by atoms with Crippen molar-refractivity contribution < 1.29 is 19.5 Å². The van der Waals surface area contributed by atoms with Gasteiger partial charge in [0.2, 0.25) is 0 Å². The minimum atomic E-state index is -1.27. The molecule has 1 atom stereocenters. The standard InChI is InChI=1S/C25H26N4O4S3/c30-21(20-12-15-11-16(34-25(15)36-20)6-5-14-7-9-26-10-8-14)27-13-18(24(32)33)28-22(31)23-29-17-3-1-2-4-19(17)35-23/h1-4,11-12,14,18,26H,5-10,13H2,(H,27,30)(H,28,31)(H,32,33). The van der Waals surface area contributed by atoms with Crippen LogP contribution in [0.1, 0.15) is 43.6 Å². The molecule has 1 aromatic carbocycles. The van der Waals surface area contributed by atoms with Crippen LogP contribution in [0.25, 0.3) is 19.6 Å². The number of rotatable bonds is 9. The third-order valence-electron chi connectivity index (χ3n) is 6.31. The number of carboxylic acid groups (broad SMARTS) is 1. The molecule has 188 valence electrons. The highest BCUT2D eigenvalue weighted by atomic mass is 32.2. The van der Waals surface area contributed by atoms with Gasteiger partial charge in [0.05, 0.1) is 19.1 Å². The lowest BCUT2D eigenvalue weighted by atomic mass is 9.93. The Bertz CT molecular complexity index is 1340. The highest BCUT2D eigenvalue weighted by molar-refractivity contribution is 7.39. The number of hydrogen-bond donors (Lipinski definition) is 4. The summed E-state index contributed by atoms with van der Waals surface area (Å²) in [5.74, 6) is -1.37. The number of piperidine rings is 1. The van der Waals surface area contributed by atoms with Crippen molar-refractivity contribution in [1.82, 2.24) is 20.9 Å². The van der Waals surface area contributed by atoms with Gasteiger partial charge in [-0.25, -0.2) is 9.78 Å². The number of nitrogens with one attached hydrogen (secondary N) is 3. The maximum atomic E-state index is 12.7. The van der Waals surface area contributed by atoms with Crippen molar-refractivity contribution in [2.24, 2.45) is 5.92 Å². The number of para-hydroxylation sites is 1. The van der Waals surface area contributed by atoms with Crippen molar-refractivity contribution in [3.05, 3.63) is 51.2 Å². The van der Waals surface area contributed by atoms with Crippen molar-refractivity contribution in [2.45, 2.75) is 31.7 Å². The molecule has 1 fully saturated rings. The molecule has 1 aliphatic rings. The second-order valence-corrected chi connectivity index (χ2v) is 12.3. The van der Waals surface area contributed by atoms with Crippen molar-refractivity contribution >= 4 is 71.4 Å². The number of aryl methyl sites for hydroxylation is 1. The molecule has 4 aromatic rings.